The van der Waals surface area contributed by atoms with E-state index in [1.807, 2.05) is 61.5 Å². The average molecular weight is 607 g/mol. The zero-order valence-corrected chi connectivity index (χ0v) is 26.1. The van der Waals surface area contributed by atoms with Gasteiger partial charge in [0, 0.05) is 80.3 Å². The first-order valence-electron chi connectivity index (χ1n) is 16.0. The molecule has 6 rings (SSSR count). The molecule has 45 heavy (non-hydrogen) atoms. The van der Waals surface area contributed by atoms with Crippen molar-refractivity contribution in [3.63, 3.8) is 0 Å². The number of nitrogens with one attached hydrogen (secondary N) is 3. The van der Waals surface area contributed by atoms with Crippen LogP contribution in [0.5, 0.6) is 0 Å². The molecule has 1 amide bonds. The van der Waals surface area contributed by atoms with Crippen molar-refractivity contribution in [3.8, 4) is 11.3 Å². The molecule has 0 radical (unpaired) electrons. The van der Waals surface area contributed by atoms with E-state index in [1.165, 1.54) is 29.4 Å². The minimum atomic E-state index is -0.223. The Labute approximate surface area is 264 Å². The molecule has 0 spiro atoms. The number of carbonyl (C=O) groups excluding carboxylic acids is 1. The van der Waals surface area contributed by atoms with Gasteiger partial charge in [-0.1, -0.05) is 24.3 Å². The summed E-state index contributed by atoms with van der Waals surface area (Å²) >= 11 is 0. The molecule has 2 fully saturated rings. The second-order valence-corrected chi connectivity index (χ2v) is 12.0. The van der Waals surface area contributed by atoms with Gasteiger partial charge in [-0.15, -0.1) is 0 Å². The lowest BCUT2D eigenvalue weighted by molar-refractivity contribution is 0.0776. The molecule has 0 atom stereocenters. The SMILES string of the molecule is Cc1c(NC(=O)c2ccc(N3CCCCC3)cc2)cccc1-c1cn(C)c(=O)c(Nc2ccc(CNC3CCOCC3)cc2)n1. The van der Waals surface area contributed by atoms with Crippen molar-refractivity contribution >= 4 is 28.8 Å². The van der Waals surface area contributed by atoms with Gasteiger partial charge in [-0.2, -0.15) is 0 Å². The number of benzene rings is 3. The predicted octanol–water partition coefficient (Wildman–Crippen LogP) is 6.01. The van der Waals surface area contributed by atoms with Crippen molar-refractivity contribution in [3.05, 3.63) is 100.0 Å². The van der Waals surface area contributed by atoms with Crippen LogP contribution in [0.25, 0.3) is 11.3 Å². The smallest absolute Gasteiger partial charge is 0.293 e. The summed E-state index contributed by atoms with van der Waals surface area (Å²) in [6.45, 7) is 6.50. The van der Waals surface area contributed by atoms with Gasteiger partial charge in [0.05, 0.1) is 5.69 Å². The molecule has 0 bridgehead atoms. The Morgan fingerprint density at radius 2 is 1.69 bits per heavy atom. The minimum Gasteiger partial charge on any atom is -0.381 e. The second kappa shape index (κ2) is 14.1. The maximum Gasteiger partial charge on any atom is 0.293 e. The predicted molar refractivity (Wildman–Crippen MR) is 181 cm³/mol. The van der Waals surface area contributed by atoms with E-state index in [2.05, 4.69) is 33.0 Å². The highest BCUT2D eigenvalue weighted by atomic mass is 16.5. The van der Waals surface area contributed by atoms with E-state index in [1.54, 1.807) is 13.2 Å². The number of ether oxygens (including phenoxy) is 1. The Hall–Kier alpha value is -4.47. The first-order chi connectivity index (χ1) is 21.9. The molecule has 3 heterocycles. The highest BCUT2D eigenvalue weighted by Crippen LogP contribution is 2.29. The lowest BCUT2D eigenvalue weighted by Gasteiger charge is -2.28. The minimum absolute atomic E-state index is 0.164. The summed E-state index contributed by atoms with van der Waals surface area (Å²) in [6.07, 6.45) is 7.50. The number of carbonyl (C=O) groups is 1. The van der Waals surface area contributed by atoms with E-state index in [4.69, 9.17) is 9.72 Å². The van der Waals surface area contributed by atoms with Crippen molar-refractivity contribution < 1.29 is 9.53 Å². The fraction of sp³-hybridized carbons (Fsp3) is 0.361. The van der Waals surface area contributed by atoms with Gasteiger partial charge in [-0.3, -0.25) is 9.59 Å². The Morgan fingerprint density at radius 3 is 2.42 bits per heavy atom. The molecule has 0 aliphatic carbocycles. The third-order valence-electron chi connectivity index (χ3n) is 8.81. The summed E-state index contributed by atoms with van der Waals surface area (Å²) in [6, 6.07) is 22.1. The number of rotatable bonds is 9. The molecule has 2 saturated heterocycles. The number of piperidine rings is 1. The van der Waals surface area contributed by atoms with Crippen LogP contribution >= 0.6 is 0 Å². The lowest BCUT2D eigenvalue weighted by atomic mass is 10.0. The van der Waals surface area contributed by atoms with Crippen LogP contribution in [0.2, 0.25) is 0 Å². The quantitative estimate of drug-likeness (QED) is 0.215. The monoisotopic (exact) mass is 606 g/mol. The standard InChI is InChI=1S/C36H42N6O3/c1-25-31(7-6-8-32(25)40-35(43)27-11-15-30(16-12-27)42-19-4-3-5-20-42)33-24-41(2)36(44)34(39-33)38-29-13-9-26(10-14-29)23-37-28-17-21-45-22-18-28/h6-16,24,28,37H,3-5,17-23H2,1-2H3,(H,38,39)(H,40,43). The largest absolute Gasteiger partial charge is 0.381 e. The van der Waals surface area contributed by atoms with Crippen LogP contribution in [0.1, 0.15) is 53.6 Å². The van der Waals surface area contributed by atoms with Crippen LogP contribution in [0, 0.1) is 6.92 Å². The topological polar surface area (TPSA) is 101 Å². The van der Waals surface area contributed by atoms with Gasteiger partial charge >= 0.3 is 0 Å². The van der Waals surface area contributed by atoms with Crippen molar-refractivity contribution in [1.29, 1.82) is 0 Å². The number of nitrogens with zero attached hydrogens (tertiary/aromatic N) is 3. The van der Waals surface area contributed by atoms with Crippen LogP contribution in [0.4, 0.5) is 22.9 Å². The highest BCUT2D eigenvalue weighted by molar-refractivity contribution is 6.05. The van der Waals surface area contributed by atoms with E-state index in [0.29, 0.717) is 23.0 Å². The molecule has 1 aromatic heterocycles. The summed E-state index contributed by atoms with van der Waals surface area (Å²) in [5, 5.41) is 9.89. The van der Waals surface area contributed by atoms with Gasteiger partial charge < -0.3 is 30.2 Å². The summed E-state index contributed by atoms with van der Waals surface area (Å²) < 4.78 is 6.98. The molecule has 3 aromatic carbocycles. The molecule has 234 valence electrons. The van der Waals surface area contributed by atoms with Crippen LogP contribution in [-0.4, -0.2) is 47.8 Å². The van der Waals surface area contributed by atoms with Crippen molar-refractivity contribution in [2.75, 3.05) is 41.8 Å². The van der Waals surface area contributed by atoms with Gasteiger partial charge in [0.25, 0.3) is 11.5 Å². The molecule has 2 aliphatic heterocycles. The first-order valence-corrected chi connectivity index (χ1v) is 16.0. The van der Waals surface area contributed by atoms with Crippen LogP contribution < -0.4 is 26.4 Å². The van der Waals surface area contributed by atoms with E-state index >= 15 is 0 Å². The summed E-state index contributed by atoms with van der Waals surface area (Å²) in [7, 11) is 1.72. The van der Waals surface area contributed by atoms with E-state index in [9.17, 15) is 9.59 Å². The Balaban J connectivity index is 1.15. The molecular formula is C36H42N6O3. The maximum atomic E-state index is 13.2. The van der Waals surface area contributed by atoms with Gasteiger partial charge in [-0.05, 0) is 92.6 Å². The number of amides is 1. The van der Waals surface area contributed by atoms with Crippen molar-refractivity contribution in [1.82, 2.24) is 14.9 Å². The normalized spacial score (nSPS) is 15.6. The molecule has 4 aromatic rings. The molecule has 3 N–H and O–H groups in total. The van der Waals surface area contributed by atoms with E-state index in [0.717, 1.165) is 68.2 Å². The highest BCUT2D eigenvalue weighted by Gasteiger charge is 2.16. The lowest BCUT2D eigenvalue weighted by Crippen LogP contribution is -2.34. The Kier molecular flexibility index (Phi) is 9.57. The molecular weight excluding hydrogens is 564 g/mol. The Bertz CT molecular complexity index is 1670. The first kappa shape index (κ1) is 30.6. The number of aromatic nitrogens is 2. The fourth-order valence-electron chi connectivity index (χ4n) is 6.04. The molecule has 0 unspecified atom stereocenters. The van der Waals surface area contributed by atoms with Gasteiger partial charge in [0.15, 0.2) is 5.82 Å². The Morgan fingerprint density at radius 1 is 0.956 bits per heavy atom. The third kappa shape index (κ3) is 7.44. The fourth-order valence-corrected chi connectivity index (χ4v) is 6.04. The number of aryl methyl sites for hydroxylation is 1. The maximum absolute atomic E-state index is 13.2. The summed E-state index contributed by atoms with van der Waals surface area (Å²) in [5.41, 5.74) is 6.55. The van der Waals surface area contributed by atoms with Crippen LogP contribution in [0.15, 0.2) is 77.7 Å². The summed E-state index contributed by atoms with van der Waals surface area (Å²) in [5.74, 6) is 0.0772. The molecule has 9 heteroatoms. The van der Waals surface area contributed by atoms with Crippen molar-refractivity contribution in [2.24, 2.45) is 7.05 Å². The van der Waals surface area contributed by atoms with E-state index in [-0.39, 0.29) is 17.3 Å². The number of hydrogen-bond donors (Lipinski definition) is 3. The zero-order valence-electron chi connectivity index (χ0n) is 26.1. The van der Waals surface area contributed by atoms with Gasteiger partial charge in [-0.25, -0.2) is 4.98 Å². The zero-order chi connectivity index (χ0) is 31.2. The third-order valence-corrected chi connectivity index (χ3v) is 8.81. The van der Waals surface area contributed by atoms with E-state index < -0.39 is 0 Å². The molecule has 9 nitrogen and oxygen atoms in total. The molecule has 0 saturated carbocycles. The van der Waals surface area contributed by atoms with Gasteiger partial charge in [0.1, 0.15) is 0 Å². The number of hydrogen-bond acceptors (Lipinski definition) is 7. The number of anilines is 4. The second-order valence-electron chi connectivity index (χ2n) is 12.0. The average Bonchev–Trinajstić information content (AvgIpc) is 3.08. The summed E-state index contributed by atoms with van der Waals surface area (Å²) in [4.78, 5) is 33.3. The molecule has 2 aliphatic rings. The van der Waals surface area contributed by atoms with Crippen molar-refractivity contribution in [2.45, 2.75) is 51.6 Å². The van der Waals surface area contributed by atoms with Crippen LogP contribution in [0.3, 0.4) is 0 Å². The van der Waals surface area contributed by atoms with Gasteiger partial charge in [0.2, 0.25) is 0 Å². The van der Waals surface area contributed by atoms with Crippen LogP contribution in [-0.2, 0) is 18.3 Å².